The van der Waals surface area contributed by atoms with Crippen LogP contribution in [0.1, 0.15) is 31.0 Å². The van der Waals surface area contributed by atoms with Gasteiger partial charge < -0.3 is 20.9 Å². The van der Waals surface area contributed by atoms with E-state index in [9.17, 15) is 0 Å². The largest absolute Gasteiger partial charge is 0.497 e. The molecule has 0 spiro atoms. The molecule has 0 radical (unpaired) electrons. The zero-order valence-corrected chi connectivity index (χ0v) is 14.2. The normalized spacial score (nSPS) is 14.2. The molecule has 0 saturated heterocycles. The van der Waals surface area contributed by atoms with Crippen LogP contribution in [0.15, 0.2) is 48.5 Å². The average molecular weight is 314 g/mol. The molecule has 0 unspecified atom stereocenters. The Labute approximate surface area is 138 Å². The Hall–Kier alpha value is -2.04. The van der Waals surface area contributed by atoms with Gasteiger partial charge in [0.05, 0.1) is 14.2 Å². The Morgan fingerprint density at radius 2 is 1.22 bits per heavy atom. The number of hydrogen-bond donors (Lipinski definition) is 2. The third-order valence-electron chi connectivity index (χ3n) is 4.55. The summed E-state index contributed by atoms with van der Waals surface area (Å²) in [6.07, 6.45) is 0. The van der Waals surface area contributed by atoms with Gasteiger partial charge in [0.1, 0.15) is 11.5 Å². The third kappa shape index (κ3) is 3.66. The molecular formula is C19H26N2O2. The van der Waals surface area contributed by atoms with Gasteiger partial charge in [0, 0.05) is 17.5 Å². The van der Waals surface area contributed by atoms with Gasteiger partial charge in [0.2, 0.25) is 0 Å². The highest BCUT2D eigenvalue weighted by Crippen LogP contribution is 2.33. The highest BCUT2D eigenvalue weighted by molar-refractivity contribution is 5.35. The van der Waals surface area contributed by atoms with Crippen molar-refractivity contribution in [3.8, 4) is 11.5 Å². The van der Waals surface area contributed by atoms with E-state index in [-0.39, 0.29) is 17.5 Å². The lowest BCUT2D eigenvalue weighted by molar-refractivity contribution is 0.356. The van der Waals surface area contributed by atoms with Crippen molar-refractivity contribution >= 4 is 0 Å². The van der Waals surface area contributed by atoms with Crippen LogP contribution in [0.3, 0.4) is 0 Å². The first kappa shape index (κ1) is 17.3. The van der Waals surface area contributed by atoms with E-state index in [4.69, 9.17) is 20.9 Å². The second-order valence-corrected chi connectivity index (χ2v) is 6.27. The van der Waals surface area contributed by atoms with Gasteiger partial charge >= 0.3 is 0 Å². The van der Waals surface area contributed by atoms with Gasteiger partial charge in [-0.3, -0.25) is 0 Å². The fraction of sp³-hybridized carbons (Fsp3) is 0.368. The lowest BCUT2D eigenvalue weighted by Crippen LogP contribution is -2.48. The lowest BCUT2D eigenvalue weighted by Gasteiger charge is -2.36. The van der Waals surface area contributed by atoms with Gasteiger partial charge in [-0.2, -0.15) is 0 Å². The van der Waals surface area contributed by atoms with Crippen LogP contribution in [0.5, 0.6) is 11.5 Å². The molecule has 2 atom stereocenters. The Morgan fingerprint density at radius 1 is 0.783 bits per heavy atom. The van der Waals surface area contributed by atoms with Crippen LogP contribution in [0, 0.1) is 0 Å². The summed E-state index contributed by atoms with van der Waals surface area (Å²) in [6, 6.07) is 15.2. The topological polar surface area (TPSA) is 70.5 Å². The molecule has 2 aromatic carbocycles. The fourth-order valence-corrected chi connectivity index (χ4v) is 2.70. The molecule has 4 nitrogen and oxygen atoms in total. The molecule has 0 aliphatic carbocycles. The van der Waals surface area contributed by atoms with Crippen molar-refractivity contribution in [3.63, 3.8) is 0 Å². The quantitative estimate of drug-likeness (QED) is 0.860. The van der Waals surface area contributed by atoms with Gasteiger partial charge in [-0.05, 0) is 35.4 Å². The van der Waals surface area contributed by atoms with E-state index >= 15 is 0 Å². The summed E-state index contributed by atoms with van der Waals surface area (Å²) in [7, 11) is 3.30. The van der Waals surface area contributed by atoms with Crippen molar-refractivity contribution in [1.82, 2.24) is 0 Å². The number of ether oxygens (including phenoxy) is 2. The summed E-state index contributed by atoms with van der Waals surface area (Å²) in [5.74, 6) is 1.64. The van der Waals surface area contributed by atoms with Crippen LogP contribution >= 0.6 is 0 Å². The molecule has 0 aliphatic rings. The van der Waals surface area contributed by atoms with Crippen LogP contribution < -0.4 is 20.9 Å². The molecule has 0 heterocycles. The van der Waals surface area contributed by atoms with E-state index in [1.165, 1.54) is 0 Å². The second-order valence-electron chi connectivity index (χ2n) is 6.27. The summed E-state index contributed by atoms with van der Waals surface area (Å²) in [4.78, 5) is 0. The standard InChI is InChI=1S/C19H26N2O2/c1-19(2,14-7-11-16(23-4)12-8-14)18(21)17(20)13-5-9-15(22-3)10-6-13/h5-12,17-18H,20-21H2,1-4H3/t17-,18+/m0/s1. The molecule has 124 valence electrons. The van der Waals surface area contributed by atoms with Crippen molar-refractivity contribution in [1.29, 1.82) is 0 Å². The Bertz CT molecular complexity index is 621. The van der Waals surface area contributed by atoms with Crippen LogP contribution in [-0.2, 0) is 5.41 Å². The van der Waals surface area contributed by atoms with Gasteiger partial charge in [-0.1, -0.05) is 38.1 Å². The molecule has 0 aromatic heterocycles. The summed E-state index contributed by atoms with van der Waals surface area (Å²) in [5, 5.41) is 0. The number of rotatable bonds is 6. The first-order valence-corrected chi connectivity index (χ1v) is 7.69. The van der Waals surface area contributed by atoms with Crippen LogP contribution in [0.25, 0.3) is 0 Å². The van der Waals surface area contributed by atoms with Crippen LogP contribution in [0.2, 0.25) is 0 Å². The maximum Gasteiger partial charge on any atom is 0.118 e. The predicted molar refractivity (Wildman–Crippen MR) is 93.9 cm³/mol. The molecule has 23 heavy (non-hydrogen) atoms. The minimum atomic E-state index is -0.272. The number of methoxy groups -OCH3 is 2. The van der Waals surface area contributed by atoms with E-state index < -0.39 is 0 Å². The molecule has 4 N–H and O–H groups in total. The zero-order valence-electron chi connectivity index (χ0n) is 14.2. The van der Waals surface area contributed by atoms with Gasteiger partial charge in [-0.25, -0.2) is 0 Å². The van der Waals surface area contributed by atoms with Gasteiger partial charge in [0.15, 0.2) is 0 Å². The minimum Gasteiger partial charge on any atom is -0.497 e. The summed E-state index contributed by atoms with van der Waals surface area (Å²) >= 11 is 0. The lowest BCUT2D eigenvalue weighted by atomic mass is 9.74. The van der Waals surface area contributed by atoms with Crippen molar-refractivity contribution in [2.75, 3.05) is 14.2 Å². The molecule has 0 amide bonds. The molecule has 2 rings (SSSR count). The SMILES string of the molecule is COc1ccc([C@H](N)[C@@H](N)C(C)(C)c2ccc(OC)cc2)cc1. The maximum absolute atomic E-state index is 6.51. The highest BCUT2D eigenvalue weighted by atomic mass is 16.5. The Balaban J connectivity index is 2.22. The summed E-state index contributed by atoms with van der Waals surface area (Å²) < 4.78 is 10.4. The van der Waals surface area contributed by atoms with Crippen molar-refractivity contribution in [2.24, 2.45) is 11.5 Å². The third-order valence-corrected chi connectivity index (χ3v) is 4.55. The Kier molecular flexibility index (Phi) is 5.29. The number of hydrogen-bond acceptors (Lipinski definition) is 4. The van der Waals surface area contributed by atoms with Gasteiger partial charge in [0.25, 0.3) is 0 Å². The van der Waals surface area contributed by atoms with Crippen LogP contribution in [-0.4, -0.2) is 20.3 Å². The average Bonchev–Trinajstić information content (AvgIpc) is 2.60. The molecular weight excluding hydrogens is 288 g/mol. The molecule has 2 aromatic rings. The molecule has 0 fully saturated rings. The fourth-order valence-electron chi connectivity index (χ4n) is 2.70. The zero-order chi connectivity index (χ0) is 17.0. The monoisotopic (exact) mass is 314 g/mol. The molecule has 0 aliphatic heterocycles. The summed E-state index contributed by atoms with van der Waals surface area (Å²) in [6.45, 7) is 4.23. The molecule has 0 saturated carbocycles. The first-order chi connectivity index (χ1) is 10.9. The van der Waals surface area contributed by atoms with E-state index in [2.05, 4.69) is 13.8 Å². The van der Waals surface area contributed by atoms with E-state index in [0.717, 1.165) is 22.6 Å². The molecule has 0 bridgehead atoms. The predicted octanol–water partition coefficient (Wildman–Crippen LogP) is 3.01. The Morgan fingerprint density at radius 3 is 1.65 bits per heavy atom. The minimum absolute atomic E-state index is 0.232. The number of benzene rings is 2. The van der Waals surface area contributed by atoms with E-state index in [0.29, 0.717) is 0 Å². The number of nitrogens with two attached hydrogens (primary N) is 2. The van der Waals surface area contributed by atoms with Crippen molar-refractivity contribution in [2.45, 2.75) is 31.3 Å². The van der Waals surface area contributed by atoms with Gasteiger partial charge in [-0.15, -0.1) is 0 Å². The first-order valence-electron chi connectivity index (χ1n) is 7.69. The van der Waals surface area contributed by atoms with Crippen LogP contribution in [0.4, 0.5) is 0 Å². The molecule has 4 heteroatoms. The van der Waals surface area contributed by atoms with Crippen molar-refractivity contribution < 1.29 is 9.47 Å². The highest BCUT2D eigenvalue weighted by Gasteiger charge is 2.33. The maximum atomic E-state index is 6.51. The summed E-state index contributed by atoms with van der Waals surface area (Å²) in [5.41, 5.74) is 14.8. The smallest absolute Gasteiger partial charge is 0.118 e. The van der Waals surface area contributed by atoms with Crippen molar-refractivity contribution in [3.05, 3.63) is 59.7 Å². The van der Waals surface area contributed by atoms with E-state index in [1.807, 2.05) is 48.5 Å². The van der Waals surface area contributed by atoms with E-state index in [1.54, 1.807) is 14.2 Å². The second kappa shape index (κ2) is 7.02.